The van der Waals surface area contributed by atoms with Gasteiger partial charge in [0, 0.05) is 19.5 Å². The SMILES string of the molecule is CC(=O)NC1C(O[C@@H]2OC(CN)CCC2N)[C@@H](N)C[C@@H](NC(=O)[C@@H](O)CCN)[C@H]1O[C@@H]1OC(CO)[C@H](O)[C@H](N)C1O. The fourth-order valence-corrected chi connectivity index (χ4v) is 5.46. The number of hydrogen-bond acceptors (Lipinski definition) is 15. The number of carbonyl (C=O) groups is 2. The summed E-state index contributed by atoms with van der Waals surface area (Å²) in [6.07, 6.45) is -9.16. The highest BCUT2D eigenvalue weighted by molar-refractivity contribution is 5.81. The topological polar surface area (TPSA) is 306 Å². The fraction of sp³-hybridized carbons (Fsp3) is 0.917. The lowest BCUT2D eigenvalue weighted by Crippen LogP contribution is -2.72. The summed E-state index contributed by atoms with van der Waals surface area (Å²) >= 11 is 0. The minimum absolute atomic E-state index is 0.00835. The summed E-state index contributed by atoms with van der Waals surface area (Å²) < 4.78 is 24.0. The molecule has 0 aromatic carbocycles. The van der Waals surface area contributed by atoms with Gasteiger partial charge in [0.05, 0.1) is 43.0 Å². The van der Waals surface area contributed by atoms with Crippen LogP contribution in [0.25, 0.3) is 0 Å². The molecule has 16 N–H and O–H groups in total. The van der Waals surface area contributed by atoms with Gasteiger partial charge in [-0.2, -0.15) is 0 Å². The van der Waals surface area contributed by atoms with E-state index in [9.17, 15) is 30.0 Å². The van der Waals surface area contributed by atoms with E-state index in [1.54, 1.807) is 0 Å². The maximum absolute atomic E-state index is 12.8. The van der Waals surface area contributed by atoms with E-state index in [1.165, 1.54) is 6.92 Å². The van der Waals surface area contributed by atoms with Gasteiger partial charge < -0.3 is 78.7 Å². The Morgan fingerprint density at radius 1 is 0.976 bits per heavy atom. The molecule has 0 spiro atoms. The molecule has 0 aromatic heterocycles. The van der Waals surface area contributed by atoms with E-state index in [4.69, 9.17) is 47.6 Å². The fourth-order valence-electron chi connectivity index (χ4n) is 5.46. The van der Waals surface area contributed by atoms with Crippen LogP contribution in [-0.4, -0.2) is 137 Å². The van der Waals surface area contributed by atoms with Crippen molar-refractivity contribution in [3.8, 4) is 0 Å². The Morgan fingerprint density at radius 2 is 1.66 bits per heavy atom. The zero-order valence-corrected chi connectivity index (χ0v) is 23.2. The zero-order valence-electron chi connectivity index (χ0n) is 23.2. The van der Waals surface area contributed by atoms with Crippen molar-refractivity contribution in [1.29, 1.82) is 0 Å². The van der Waals surface area contributed by atoms with Gasteiger partial charge in [-0.25, -0.2) is 0 Å². The van der Waals surface area contributed by atoms with Gasteiger partial charge in [-0.15, -0.1) is 0 Å². The molecule has 238 valence electrons. The summed E-state index contributed by atoms with van der Waals surface area (Å²) in [6.45, 7) is 0.945. The third-order valence-corrected chi connectivity index (χ3v) is 7.77. The number of rotatable bonds is 11. The molecule has 0 bridgehead atoms. The van der Waals surface area contributed by atoms with Gasteiger partial charge in [-0.1, -0.05) is 0 Å². The van der Waals surface area contributed by atoms with E-state index >= 15 is 0 Å². The highest BCUT2D eigenvalue weighted by Crippen LogP contribution is 2.31. The lowest BCUT2D eigenvalue weighted by Gasteiger charge is -2.50. The number of carbonyl (C=O) groups excluding carboxylic acids is 2. The molecule has 3 rings (SSSR count). The van der Waals surface area contributed by atoms with Gasteiger partial charge in [0.2, 0.25) is 11.8 Å². The monoisotopic (exact) mass is 593 g/mol. The maximum atomic E-state index is 12.8. The second-order valence-electron chi connectivity index (χ2n) is 10.9. The molecule has 17 nitrogen and oxygen atoms in total. The number of nitrogens with one attached hydrogen (secondary N) is 2. The third-order valence-electron chi connectivity index (χ3n) is 7.77. The normalized spacial score (nSPS) is 42.3. The molecule has 2 saturated heterocycles. The maximum Gasteiger partial charge on any atom is 0.249 e. The second-order valence-corrected chi connectivity index (χ2v) is 10.9. The number of ether oxygens (including phenoxy) is 4. The second kappa shape index (κ2) is 15.2. The first-order valence-corrected chi connectivity index (χ1v) is 13.9. The van der Waals surface area contributed by atoms with Crippen LogP contribution >= 0.6 is 0 Å². The van der Waals surface area contributed by atoms with Crippen LogP contribution in [0.1, 0.15) is 32.6 Å². The predicted octanol–water partition coefficient (Wildman–Crippen LogP) is -6.26. The molecule has 0 aromatic rings. The molecule has 14 atom stereocenters. The molecule has 2 aliphatic heterocycles. The zero-order chi connectivity index (χ0) is 30.4. The molecular formula is C24H47N7O10. The molecule has 2 heterocycles. The van der Waals surface area contributed by atoms with Crippen molar-refractivity contribution in [2.24, 2.45) is 28.7 Å². The van der Waals surface area contributed by atoms with E-state index in [1.807, 2.05) is 0 Å². The van der Waals surface area contributed by atoms with Crippen LogP contribution in [0.4, 0.5) is 0 Å². The minimum Gasteiger partial charge on any atom is -0.394 e. The molecule has 1 aliphatic carbocycles. The van der Waals surface area contributed by atoms with E-state index in [2.05, 4.69) is 10.6 Å². The van der Waals surface area contributed by atoms with E-state index < -0.39 is 97.8 Å². The van der Waals surface area contributed by atoms with Crippen LogP contribution in [0.3, 0.4) is 0 Å². The molecule has 1 saturated carbocycles. The van der Waals surface area contributed by atoms with Crippen LogP contribution in [-0.2, 0) is 28.5 Å². The van der Waals surface area contributed by atoms with Gasteiger partial charge in [0.1, 0.15) is 30.5 Å². The number of aliphatic hydroxyl groups is 4. The van der Waals surface area contributed by atoms with Crippen molar-refractivity contribution >= 4 is 11.8 Å². The van der Waals surface area contributed by atoms with Crippen LogP contribution in [0.5, 0.6) is 0 Å². The molecule has 3 fully saturated rings. The van der Waals surface area contributed by atoms with Gasteiger partial charge in [0.25, 0.3) is 0 Å². The summed E-state index contributed by atoms with van der Waals surface area (Å²) in [5.41, 5.74) is 30.0. The first-order chi connectivity index (χ1) is 19.4. The molecule has 41 heavy (non-hydrogen) atoms. The lowest BCUT2D eigenvalue weighted by atomic mass is 9.81. The predicted molar refractivity (Wildman–Crippen MR) is 142 cm³/mol. The Morgan fingerprint density at radius 3 is 2.27 bits per heavy atom. The summed E-state index contributed by atoms with van der Waals surface area (Å²) in [6, 6.07) is -4.56. The van der Waals surface area contributed by atoms with Crippen molar-refractivity contribution in [3.05, 3.63) is 0 Å². The summed E-state index contributed by atoms with van der Waals surface area (Å²) in [5.74, 6) is -1.24. The molecule has 17 heteroatoms. The van der Waals surface area contributed by atoms with Crippen molar-refractivity contribution in [2.45, 2.75) is 118 Å². The summed E-state index contributed by atoms with van der Waals surface area (Å²) in [4.78, 5) is 25.2. The Kier molecular flexibility index (Phi) is 12.6. The largest absolute Gasteiger partial charge is 0.394 e. The van der Waals surface area contributed by atoms with Gasteiger partial charge >= 0.3 is 0 Å². The number of aliphatic hydroxyl groups excluding tert-OH is 4. The quantitative estimate of drug-likeness (QED) is 0.106. The summed E-state index contributed by atoms with van der Waals surface area (Å²) in [7, 11) is 0. The van der Waals surface area contributed by atoms with Crippen molar-refractivity contribution < 1.29 is 49.0 Å². The van der Waals surface area contributed by atoms with Gasteiger partial charge in [-0.05, 0) is 32.2 Å². The van der Waals surface area contributed by atoms with E-state index in [0.29, 0.717) is 12.8 Å². The van der Waals surface area contributed by atoms with Crippen molar-refractivity contribution in [2.75, 3.05) is 19.7 Å². The average Bonchev–Trinajstić information content (AvgIpc) is 2.93. The van der Waals surface area contributed by atoms with Gasteiger partial charge in [-0.3, -0.25) is 9.59 Å². The number of amides is 2. The smallest absolute Gasteiger partial charge is 0.249 e. The highest BCUT2D eigenvalue weighted by atomic mass is 16.7. The third kappa shape index (κ3) is 8.29. The molecule has 3 aliphatic rings. The average molecular weight is 594 g/mol. The van der Waals surface area contributed by atoms with Crippen LogP contribution in [0.2, 0.25) is 0 Å². The standard InChI is InChI=1S/C24H47N7O10/c1-9(33)30-17-20(40-23-11(27)3-2-10(7-26)38-23)12(28)6-13(31-22(37)14(34)4-5-25)21(17)41-24-19(36)16(29)18(35)15(8-32)39-24/h10-21,23-24,32,34-36H,2-8,25-29H2,1H3,(H,30,33)(H,31,37)/t10?,11?,12-,13+,14-,15?,16-,17?,18-,19?,20?,21+,23-,24-/m0/s1. The first-order valence-electron chi connectivity index (χ1n) is 13.9. The Hall–Kier alpha value is -1.58. The number of nitrogens with two attached hydrogens (primary N) is 5. The van der Waals surface area contributed by atoms with Gasteiger partial charge in [0.15, 0.2) is 12.6 Å². The van der Waals surface area contributed by atoms with E-state index in [0.717, 1.165) is 0 Å². The minimum atomic E-state index is -1.56. The molecule has 0 radical (unpaired) electrons. The molecule has 6 unspecified atom stereocenters. The number of hydrogen-bond donors (Lipinski definition) is 11. The molecule has 2 amide bonds. The van der Waals surface area contributed by atoms with E-state index in [-0.39, 0.29) is 32.0 Å². The van der Waals surface area contributed by atoms with Crippen LogP contribution in [0, 0.1) is 0 Å². The Bertz CT molecular complexity index is 860. The Labute approximate surface area is 238 Å². The van der Waals surface area contributed by atoms with Crippen molar-refractivity contribution in [1.82, 2.24) is 10.6 Å². The van der Waals surface area contributed by atoms with Crippen LogP contribution < -0.4 is 39.3 Å². The van der Waals surface area contributed by atoms with Crippen molar-refractivity contribution in [3.63, 3.8) is 0 Å². The lowest BCUT2D eigenvalue weighted by molar-refractivity contribution is -0.303. The molecular weight excluding hydrogens is 546 g/mol. The Balaban J connectivity index is 1.94. The first kappa shape index (κ1) is 33.9. The summed E-state index contributed by atoms with van der Waals surface area (Å²) in [5, 5.41) is 46.4. The highest BCUT2D eigenvalue weighted by Gasteiger charge is 2.52. The van der Waals surface area contributed by atoms with Crippen LogP contribution in [0.15, 0.2) is 0 Å².